The summed E-state index contributed by atoms with van der Waals surface area (Å²) in [6.45, 7) is 6.22. The number of aromatic nitrogens is 3. The van der Waals surface area contributed by atoms with Crippen LogP contribution >= 0.6 is 11.6 Å². The van der Waals surface area contributed by atoms with Gasteiger partial charge in [-0.15, -0.1) is 0 Å². The van der Waals surface area contributed by atoms with Crippen molar-refractivity contribution in [3.63, 3.8) is 0 Å². The number of hydrogen-bond acceptors (Lipinski definition) is 5. The second-order valence-corrected chi connectivity index (χ2v) is 9.23. The zero-order valence-corrected chi connectivity index (χ0v) is 21.0. The first-order chi connectivity index (χ1) is 17.4. The molecule has 0 saturated carbocycles. The topological polar surface area (TPSA) is 81.1 Å². The normalized spacial score (nSPS) is 14.7. The van der Waals surface area contributed by atoms with Gasteiger partial charge < -0.3 is 15.4 Å². The predicted octanol–water partition coefficient (Wildman–Crippen LogP) is 6.05. The molecule has 0 aliphatic carbocycles. The minimum absolute atomic E-state index is 0.208. The number of fused-ring (bicyclic) bond motifs is 1. The van der Waals surface area contributed by atoms with Gasteiger partial charge in [0, 0.05) is 22.0 Å². The lowest BCUT2D eigenvalue weighted by atomic mass is 9.94. The number of anilines is 2. The van der Waals surface area contributed by atoms with Crippen LogP contribution in [0.5, 0.6) is 5.75 Å². The number of amides is 1. The van der Waals surface area contributed by atoms with E-state index in [0.29, 0.717) is 34.6 Å². The van der Waals surface area contributed by atoms with E-state index in [9.17, 15) is 4.79 Å². The molecule has 0 saturated heterocycles. The Morgan fingerprint density at radius 1 is 1.08 bits per heavy atom. The maximum absolute atomic E-state index is 13.6. The Kier molecular flexibility index (Phi) is 6.48. The Morgan fingerprint density at radius 3 is 2.72 bits per heavy atom. The van der Waals surface area contributed by atoms with E-state index in [1.807, 2.05) is 87.5 Å². The van der Waals surface area contributed by atoms with Crippen LogP contribution in [0.3, 0.4) is 0 Å². The lowest BCUT2D eigenvalue weighted by Crippen LogP contribution is -2.31. The van der Waals surface area contributed by atoms with Gasteiger partial charge in [-0.1, -0.05) is 59.6 Å². The van der Waals surface area contributed by atoms with Crippen molar-refractivity contribution in [2.75, 3.05) is 10.6 Å². The summed E-state index contributed by atoms with van der Waals surface area (Å²) < 4.78 is 7.78. The first-order valence-corrected chi connectivity index (χ1v) is 12.0. The number of halogens is 1. The molecule has 2 N–H and O–H groups in total. The monoisotopic (exact) mass is 499 g/mol. The summed E-state index contributed by atoms with van der Waals surface area (Å²) in [6.07, 6.45) is 1.48. The van der Waals surface area contributed by atoms with E-state index >= 15 is 0 Å². The number of hydrogen-bond donors (Lipinski definition) is 2. The highest BCUT2D eigenvalue weighted by Gasteiger charge is 2.33. The number of allylic oxidation sites excluding steroid dienone is 1. The van der Waals surface area contributed by atoms with Gasteiger partial charge in [0.1, 0.15) is 24.7 Å². The summed E-state index contributed by atoms with van der Waals surface area (Å²) in [6, 6.07) is 20.7. The summed E-state index contributed by atoms with van der Waals surface area (Å²) in [4.78, 5) is 18.0. The van der Waals surface area contributed by atoms with Gasteiger partial charge in [0.15, 0.2) is 0 Å². The summed E-state index contributed by atoms with van der Waals surface area (Å²) in [7, 11) is 0. The highest BCUT2D eigenvalue weighted by atomic mass is 35.5. The first kappa shape index (κ1) is 23.6. The van der Waals surface area contributed by atoms with Crippen molar-refractivity contribution in [2.24, 2.45) is 0 Å². The Labute approximate surface area is 214 Å². The smallest absolute Gasteiger partial charge is 0.255 e. The SMILES string of the molecule is CC1=C(C(=O)Nc2ccc(C)cc2C)C(c2cccc(OCc3ccccc3Cl)c2)n2ncnc2N1. The molecule has 1 aliphatic heterocycles. The van der Waals surface area contributed by atoms with Gasteiger partial charge in [0.2, 0.25) is 5.95 Å². The summed E-state index contributed by atoms with van der Waals surface area (Å²) in [5, 5.41) is 11.4. The van der Waals surface area contributed by atoms with Crippen molar-refractivity contribution < 1.29 is 9.53 Å². The highest BCUT2D eigenvalue weighted by Crippen LogP contribution is 2.36. The molecule has 3 aromatic carbocycles. The van der Waals surface area contributed by atoms with Crippen LogP contribution in [0.2, 0.25) is 5.02 Å². The predicted molar refractivity (Wildman–Crippen MR) is 141 cm³/mol. The van der Waals surface area contributed by atoms with Crippen LogP contribution in [0.25, 0.3) is 0 Å². The first-order valence-electron chi connectivity index (χ1n) is 11.6. The fraction of sp³-hybridized carbons (Fsp3) is 0.179. The summed E-state index contributed by atoms with van der Waals surface area (Å²) in [5.41, 5.74) is 5.92. The maximum atomic E-state index is 13.6. The Balaban J connectivity index is 1.47. The van der Waals surface area contributed by atoms with Crippen LogP contribution in [0.15, 0.2) is 84.3 Å². The van der Waals surface area contributed by atoms with Crippen molar-refractivity contribution in [3.8, 4) is 5.75 Å². The van der Waals surface area contributed by atoms with E-state index in [1.54, 1.807) is 4.68 Å². The van der Waals surface area contributed by atoms with Gasteiger partial charge in [0.05, 0.1) is 5.57 Å². The number of nitrogens with one attached hydrogen (secondary N) is 2. The molecule has 182 valence electrons. The maximum Gasteiger partial charge on any atom is 0.255 e. The zero-order chi connectivity index (χ0) is 25.2. The third-order valence-corrected chi connectivity index (χ3v) is 6.56. The minimum Gasteiger partial charge on any atom is -0.489 e. The quantitative estimate of drug-likeness (QED) is 0.337. The third-order valence-electron chi connectivity index (χ3n) is 6.20. The second kappa shape index (κ2) is 9.87. The Hall–Kier alpha value is -4.10. The fourth-order valence-electron chi connectivity index (χ4n) is 4.39. The largest absolute Gasteiger partial charge is 0.489 e. The molecule has 0 spiro atoms. The van der Waals surface area contributed by atoms with Crippen LogP contribution in [0.4, 0.5) is 11.6 Å². The van der Waals surface area contributed by atoms with Crippen LogP contribution in [-0.4, -0.2) is 20.7 Å². The average Bonchev–Trinajstić information content (AvgIpc) is 3.32. The van der Waals surface area contributed by atoms with Crippen molar-refractivity contribution in [2.45, 2.75) is 33.4 Å². The van der Waals surface area contributed by atoms with E-state index in [2.05, 4.69) is 20.7 Å². The van der Waals surface area contributed by atoms with Crippen molar-refractivity contribution in [3.05, 3.63) is 112 Å². The molecule has 1 atom stereocenters. The van der Waals surface area contributed by atoms with Crippen LogP contribution in [0.1, 0.15) is 35.2 Å². The van der Waals surface area contributed by atoms with E-state index in [4.69, 9.17) is 16.3 Å². The number of nitrogens with zero attached hydrogens (tertiary/aromatic N) is 3. The molecule has 4 aromatic rings. The standard InChI is InChI=1S/C28H26ClN5O2/c1-17-11-12-24(18(2)13-17)33-27(35)25-19(3)32-28-30-16-31-34(28)26(25)20-8-6-9-22(14-20)36-15-21-7-4-5-10-23(21)29/h4-14,16,26H,15H2,1-3H3,(H,33,35)(H,30,31,32). The Bertz CT molecular complexity index is 1480. The molecule has 0 radical (unpaired) electrons. The molecular weight excluding hydrogens is 474 g/mol. The molecule has 8 heteroatoms. The molecule has 1 aromatic heterocycles. The fourth-order valence-corrected chi connectivity index (χ4v) is 4.58. The van der Waals surface area contributed by atoms with Gasteiger partial charge in [-0.2, -0.15) is 10.1 Å². The van der Waals surface area contributed by atoms with Crippen LogP contribution in [-0.2, 0) is 11.4 Å². The van der Waals surface area contributed by atoms with Crippen molar-refractivity contribution >= 4 is 29.1 Å². The molecule has 7 nitrogen and oxygen atoms in total. The minimum atomic E-state index is -0.488. The molecule has 2 heterocycles. The number of ether oxygens (including phenoxy) is 1. The molecule has 1 aliphatic rings. The Morgan fingerprint density at radius 2 is 1.92 bits per heavy atom. The number of rotatable bonds is 6. The molecule has 1 amide bonds. The zero-order valence-electron chi connectivity index (χ0n) is 20.2. The van der Waals surface area contributed by atoms with Crippen LogP contribution < -0.4 is 15.4 Å². The van der Waals surface area contributed by atoms with Gasteiger partial charge >= 0.3 is 0 Å². The van der Waals surface area contributed by atoms with E-state index in [-0.39, 0.29) is 5.91 Å². The van der Waals surface area contributed by atoms with Crippen molar-refractivity contribution in [1.82, 2.24) is 14.8 Å². The molecule has 36 heavy (non-hydrogen) atoms. The van der Waals surface area contributed by atoms with Gasteiger partial charge in [-0.25, -0.2) is 4.68 Å². The van der Waals surface area contributed by atoms with E-state index in [0.717, 1.165) is 27.9 Å². The lowest BCUT2D eigenvalue weighted by molar-refractivity contribution is -0.113. The second-order valence-electron chi connectivity index (χ2n) is 8.82. The number of carbonyl (C=O) groups is 1. The molecule has 1 unspecified atom stereocenters. The number of benzene rings is 3. The van der Waals surface area contributed by atoms with Gasteiger partial charge in [0.25, 0.3) is 5.91 Å². The third kappa shape index (κ3) is 4.70. The number of aryl methyl sites for hydroxylation is 2. The molecular formula is C28H26ClN5O2. The highest BCUT2D eigenvalue weighted by molar-refractivity contribution is 6.31. The summed E-state index contributed by atoms with van der Waals surface area (Å²) >= 11 is 6.29. The summed E-state index contributed by atoms with van der Waals surface area (Å²) in [5.74, 6) is 1.03. The van der Waals surface area contributed by atoms with E-state index < -0.39 is 6.04 Å². The average molecular weight is 500 g/mol. The van der Waals surface area contributed by atoms with Gasteiger partial charge in [-0.3, -0.25) is 4.79 Å². The van der Waals surface area contributed by atoms with Crippen LogP contribution in [0, 0.1) is 13.8 Å². The lowest BCUT2D eigenvalue weighted by Gasteiger charge is -2.29. The van der Waals surface area contributed by atoms with Crippen molar-refractivity contribution in [1.29, 1.82) is 0 Å². The van der Waals surface area contributed by atoms with Gasteiger partial charge in [-0.05, 0) is 56.2 Å². The molecule has 0 bridgehead atoms. The van der Waals surface area contributed by atoms with E-state index in [1.165, 1.54) is 6.33 Å². The molecule has 5 rings (SSSR count). The number of carbonyl (C=O) groups excluding carboxylic acids is 1. The molecule has 0 fully saturated rings.